The first-order valence-corrected chi connectivity index (χ1v) is 9.06. The number of thioether (sulfide) groups is 1. The van der Waals surface area contributed by atoms with Crippen LogP contribution < -0.4 is 10.9 Å². The highest BCUT2D eigenvalue weighted by atomic mass is 35.5. The van der Waals surface area contributed by atoms with E-state index in [1.54, 1.807) is 18.2 Å². The molecule has 0 atom stereocenters. The second kappa shape index (κ2) is 8.55. The smallest absolute Gasteiger partial charge is 0.272 e. The molecule has 132 valence electrons. The Hall–Kier alpha value is -2.77. The Labute approximate surface area is 159 Å². The van der Waals surface area contributed by atoms with Gasteiger partial charge in [-0.25, -0.2) is 0 Å². The number of halogens is 1. The van der Waals surface area contributed by atoms with Crippen molar-refractivity contribution in [3.8, 4) is 11.3 Å². The summed E-state index contributed by atoms with van der Waals surface area (Å²) in [5.74, 6) is -0.620. The molecule has 2 aromatic carbocycles. The summed E-state index contributed by atoms with van der Waals surface area (Å²) in [4.78, 5) is 24.8. The van der Waals surface area contributed by atoms with Crippen LogP contribution in [0.25, 0.3) is 11.3 Å². The average molecular weight is 387 g/mol. The zero-order chi connectivity index (χ0) is 18.4. The van der Waals surface area contributed by atoms with Crippen LogP contribution in [0.1, 0.15) is 10.5 Å². The van der Waals surface area contributed by atoms with Gasteiger partial charge in [-0.1, -0.05) is 41.9 Å². The lowest BCUT2D eigenvalue weighted by atomic mass is 10.1. The number of amides is 2. The van der Waals surface area contributed by atoms with Crippen molar-refractivity contribution in [3.05, 3.63) is 71.4 Å². The van der Waals surface area contributed by atoms with Gasteiger partial charge in [0.25, 0.3) is 5.91 Å². The number of nitrogens with one attached hydrogen (secondary N) is 3. The van der Waals surface area contributed by atoms with E-state index in [9.17, 15) is 9.59 Å². The number of benzene rings is 2. The van der Waals surface area contributed by atoms with Crippen LogP contribution in [0.4, 0.5) is 0 Å². The third-order valence-electron chi connectivity index (χ3n) is 3.39. The minimum absolute atomic E-state index is 0.167. The topological polar surface area (TPSA) is 86.9 Å². The van der Waals surface area contributed by atoms with E-state index in [1.165, 1.54) is 11.8 Å². The number of rotatable bonds is 5. The lowest BCUT2D eigenvalue weighted by Crippen LogP contribution is -2.42. The third-order valence-corrected chi connectivity index (χ3v) is 4.66. The van der Waals surface area contributed by atoms with Crippen LogP contribution in [-0.2, 0) is 4.79 Å². The monoisotopic (exact) mass is 386 g/mol. The van der Waals surface area contributed by atoms with Gasteiger partial charge in [-0.15, -0.1) is 11.8 Å². The van der Waals surface area contributed by atoms with Crippen molar-refractivity contribution < 1.29 is 9.59 Å². The van der Waals surface area contributed by atoms with E-state index in [2.05, 4.69) is 21.0 Å². The summed E-state index contributed by atoms with van der Waals surface area (Å²) in [6, 6.07) is 18.3. The van der Waals surface area contributed by atoms with Crippen LogP contribution in [0.2, 0.25) is 5.02 Å². The fourth-order valence-corrected chi connectivity index (χ4v) is 2.93. The van der Waals surface area contributed by atoms with E-state index in [4.69, 9.17) is 11.6 Å². The Bertz CT molecular complexity index is 897. The molecule has 0 aliphatic carbocycles. The molecule has 0 unspecified atom stereocenters. The van der Waals surface area contributed by atoms with Crippen LogP contribution in [0.15, 0.2) is 65.6 Å². The van der Waals surface area contributed by atoms with Crippen molar-refractivity contribution in [2.24, 2.45) is 0 Å². The van der Waals surface area contributed by atoms with E-state index in [-0.39, 0.29) is 17.4 Å². The Morgan fingerprint density at radius 2 is 1.77 bits per heavy atom. The van der Waals surface area contributed by atoms with Gasteiger partial charge < -0.3 is 0 Å². The van der Waals surface area contributed by atoms with Crippen molar-refractivity contribution in [3.63, 3.8) is 0 Å². The van der Waals surface area contributed by atoms with Crippen LogP contribution in [0, 0.1) is 0 Å². The summed E-state index contributed by atoms with van der Waals surface area (Å²) >= 11 is 7.16. The summed E-state index contributed by atoms with van der Waals surface area (Å²) in [6.07, 6.45) is 0. The summed E-state index contributed by atoms with van der Waals surface area (Å²) in [7, 11) is 0. The number of carbonyl (C=O) groups is 2. The quantitative estimate of drug-likeness (QED) is 0.464. The molecule has 3 N–H and O–H groups in total. The maximum atomic E-state index is 12.1. The van der Waals surface area contributed by atoms with Gasteiger partial charge in [0.05, 0.1) is 11.4 Å². The number of hydrogen-bond acceptors (Lipinski definition) is 4. The number of aromatic nitrogens is 2. The van der Waals surface area contributed by atoms with Crippen molar-refractivity contribution >= 4 is 35.2 Å². The third kappa shape index (κ3) is 4.87. The van der Waals surface area contributed by atoms with Gasteiger partial charge in [0, 0.05) is 15.5 Å². The predicted octanol–water partition coefficient (Wildman–Crippen LogP) is 3.28. The Balaban J connectivity index is 1.48. The maximum Gasteiger partial charge on any atom is 0.287 e. The van der Waals surface area contributed by atoms with Crippen LogP contribution in [0.5, 0.6) is 0 Å². The van der Waals surface area contributed by atoms with Gasteiger partial charge >= 0.3 is 0 Å². The first-order chi connectivity index (χ1) is 12.6. The summed E-state index contributed by atoms with van der Waals surface area (Å²) in [5.41, 5.74) is 6.55. The molecule has 0 bridgehead atoms. The van der Waals surface area contributed by atoms with Crippen LogP contribution >= 0.6 is 23.4 Å². The molecule has 0 saturated carbocycles. The first-order valence-electron chi connectivity index (χ1n) is 7.70. The van der Waals surface area contributed by atoms with E-state index in [0.717, 1.165) is 10.5 Å². The average Bonchev–Trinajstić information content (AvgIpc) is 3.17. The molecule has 0 aliphatic rings. The standard InChI is InChI=1S/C18H15ClN4O2S/c19-13-6-8-14(9-7-13)26-11-17(24)22-23-18(25)16-10-15(20-21-16)12-4-2-1-3-5-12/h1-10H,11H2,(H,20,21)(H,22,24)(H,23,25). The van der Waals surface area contributed by atoms with Gasteiger partial charge in [0.1, 0.15) is 5.69 Å². The molecule has 6 nitrogen and oxygen atoms in total. The Morgan fingerprint density at radius 1 is 1.04 bits per heavy atom. The number of hydrogen-bond donors (Lipinski definition) is 3. The normalized spacial score (nSPS) is 10.3. The van der Waals surface area contributed by atoms with Gasteiger partial charge in [-0.3, -0.25) is 25.5 Å². The lowest BCUT2D eigenvalue weighted by Gasteiger charge is -2.06. The van der Waals surface area contributed by atoms with Gasteiger partial charge in [0.15, 0.2) is 0 Å². The van der Waals surface area contributed by atoms with E-state index >= 15 is 0 Å². The zero-order valence-electron chi connectivity index (χ0n) is 13.5. The zero-order valence-corrected chi connectivity index (χ0v) is 15.1. The minimum atomic E-state index is -0.468. The fraction of sp³-hybridized carbons (Fsp3) is 0.0556. The number of carbonyl (C=O) groups excluding carboxylic acids is 2. The molecular formula is C18H15ClN4O2S. The molecule has 0 aliphatic heterocycles. The highest BCUT2D eigenvalue weighted by molar-refractivity contribution is 8.00. The largest absolute Gasteiger partial charge is 0.287 e. The van der Waals surface area contributed by atoms with Crippen molar-refractivity contribution in [1.29, 1.82) is 0 Å². The highest BCUT2D eigenvalue weighted by Gasteiger charge is 2.12. The van der Waals surface area contributed by atoms with Crippen molar-refractivity contribution in [1.82, 2.24) is 21.0 Å². The Morgan fingerprint density at radius 3 is 2.50 bits per heavy atom. The van der Waals surface area contributed by atoms with Crippen molar-refractivity contribution in [2.45, 2.75) is 4.90 Å². The first kappa shape index (κ1) is 18.0. The molecule has 0 saturated heterocycles. The van der Waals surface area contributed by atoms with Crippen LogP contribution in [0.3, 0.4) is 0 Å². The van der Waals surface area contributed by atoms with Gasteiger partial charge in [-0.2, -0.15) is 5.10 Å². The molecule has 3 rings (SSSR count). The van der Waals surface area contributed by atoms with Crippen LogP contribution in [-0.4, -0.2) is 27.8 Å². The Kier molecular flexibility index (Phi) is 5.93. The fourth-order valence-electron chi connectivity index (χ4n) is 2.10. The lowest BCUT2D eigenvalue weighted by molar-refractivity contribution is -0.119. The highest BCUT2D eigenvalue weighted by Crippen LogP contribution is 2.20. The van der Waals surface area contributed by atoms with E-state index in [0.29, 0.717) is 10.7 Å². The summed E-state index contributed by atoms with van der Waals surface area (Å²) in [6.45, 7) is 0. The molecule has 0 spiro atoms. The molecule has 8 heteroatoms. The van der Waals surface area contributed by atoms with E-state index in [1.807, 2.05) is 42.5 Å². The molecule has 0 radical (unpaired) electrons. The number of hydrazine groups is 1. The number of nitrogens with zero attached hydrogens (tertiary/aromatic N) is 1. The molecule has 1 aromatic heterocycles. The summed E-state index contributed by atoms with van der Waals surface area (Å²) < 4.78 is 0. The number of H-pyrrole nitrogens is 1. The van der Waals surface area contributed by atoms with E-state index < -0.39 is 5.91 Å². The minimum Gasteiger partial charge on any atom is -0.272 e. The van der Waals surface area contributed by atoms with Gasteiger partial charge in [-0.05, 0) is 30.3 Å². The van der Waals surface area contributed by atoms with Crippen molar-refractivity contribution in [2.75, 3.05) is 5.75 Å². The molecule has 3 aromatic rings. The molecule has 26 heavy (non-hydrogen) atoms. The SMILES string of the molecule is O=C(CSc1ccc(Cl)cc1)NNC(=O)c1cc(-c2ccccc2)n[nH]1. The molecule has 1 heterocycles. The maximum absolute atomic E-state index is 12.1. The number of aromatic amines is 1. The summed E-state index contributed by atoms with van der Waals surface area (Å²) in [5, 5.41) is 7.40. The second-order valence-electron chi connectivity index (χ2n) is 5.28. The predicted molar refractivity (Wildman–Crippen MR) is 102 cm³/mol. The molecule has 0 fully saturated rings. The second-order valence-corrected chi connectivity index (χ2v) is 6.76. The molecule has 2 amide bonds. The van der Waals surface area contributed by atoms with Gasteiger partial charge in [0.2, 0.25) is 5.91 Å². The molecular weight excluding hydrogens is 372 g/mol.